The molecule has 7 heteroatoms. The van der Waals surface area contributed by atoms with Crippen LogP contribution in [0.4, 0.5) is 0 Å². The van der Waals surface area contributed by atoms with Gasteiger partial charge in [-0.3, -0.25) is 9.59 Å². The summed E-state index contributed by atoms with van der Waals surface area (Å²) in [6, 6.07) is 5.56. The normalized spacial score (nSPS) is 21.7. The van der Waals surface area contributed by atoms with Gasteiger partial charge in [-0.15, -0.1) is 0 Å². The fraction of sp³-hybridized carbons (Fsp3) is 0.471. The summed E-state index contributed by atoms with van der Waals surface area (Å²) in [6.45, 7) is 4.83. The van der Waals surface area contributed by atoms with Gasteiger partial charge in [0.25, 0.3) is 5.91 Å². The van der Waals surface area contributed by atoms with Crippen LogP contribution in [-0.4, -0.2) is 43.2 Å². The van der Waals surface area contributed by atoms with Crippen LogP contribution in [0.1, 0.15) is 31.9 Å². The lowest BCUT2D eigenvalue weighted by Gasteiger charge is -2.54. The average Bonchev–Trinajstić information content (AvgIpc) is 2.98. The Bertz CT molecular complexity index is 727. The number of nitrogens with one attached hydrogen (secondary N) is 1. The second-order valence-corrected chi connectivity index (χ2v) is 6.71. The molecule has 0 bridgehead atoms. The second kappa shape index (κ2) is 5.81. The maximum absolute atomic E-state index is 12.7. The zero-order valence-electron chi connectivity index (χ0n) is 14.3. The van der Waals surface area contributed by atoms with Crippen molar-refractivity contribution in [3.05, 3.63) is 23.8 Å². The summed E-state index contributed by atoms with van der Waals surface area (Å²) in [4.78, 5) is 25.7. The van der Waals surface area contributed by atoms with Crippen LogP contribution < -0.4 is 14.9 Å². The van der Waals surface area contributed by atoms with E-state index in [9.17, 15) is 9.59 Å². The van der Waals surface area contributed by atoms with Crippen LogP contribution in [0.25, 0.3) is 0 Å². The molecule has 7 nitrogen and oxygen atoms in total. The molecule has 0 aliphatic carbocycles. The molecule has 0 radical (unpaired) electrons. The predicted molar refractivity (Wildman–Crippen MR) is 88.0 cm³/mol. The first-order chi connectivity index (χ1) is 11.4. The van der Waals surface area contributed by atoms with Crippen molar-refractivity contribution in [2.75, 3.05) is 20.8 Å². The summed E-state index contributed by atoms with van der Waals surface area (Å²) in [5.41, 5.74) is 3.48. The van der Waals surface area contributed by atoms with Gasteiger partial charge in [-0.1, -0.05) is 19.9 Å². The zero-order valence-corrected chi connectivity index (χ0v) is 14.3. The number of nitrogens with zero attached hydrogens (tertiary/aromatic N) is 2. The molecule has 3 rings (SSSR count). The van der Waals surface area contributed by atoms with Gasteiger partial charge in [0.2, 0.25) is 5.91 Å². The highest BCUT2D eigenvalue weighted by molar-refractivity contribution is 6.43. The van der Waals surface area contributed by atoms with Crippen LogP contribution in [0.5, 0.6) is 11.5 Å². The van der Waals surface area contributed by atoms with Gasteiger partial charge in [-0.25, -0.2) is 5.43 Å². The molecule has 1 N–H and O–H groups in total. The Hall–Kier alpha value is -2.57. The molecule has 1 saturated heterocycles. The minimum Gasteiger partial charge on any atom is -0.493 e. The number of carbonyl (C=O) groups excluding carboxylic acids is 2. The quantitative estimate of drug-likeness (QED) is 0.906. The maximum atomic E-state index is 12.7. The summed E-state index contributed by atoms with van der Waals surface area (Å²) in [7, 11) is 3.17. The smallest absolute Gasteiger partial charge is 0.271 e. The van der Waals surface area contributed by atoms with Crippen molar-refractivity contribution in [2.24, 2.45) is 10.5 Å². The molecule has 2 amide bonds. The van der Waals surface area contributed by atoms with E-state index < -0.39 is 0 Å². The van der Waals surface area contributed by atoms with E-state index in [1.807, 2.05) is 18.2 Å². The molecule has 1 unspecified atom stereocenters. The van der Waals surface area contributed by atoms with Crippen LogP contribution in [0.15, 0.2) is 23.3 Å². The van der Waals surface area contributed by atoms with E-state index in [1.165, 1.54) is 0 Å². The Morgan fingerprint density at radius 2 is 2.00 bits per heavy atom. The van der Waals surface area contributed by atoms with Gasteiger partial charge in [-0.05, 0) is 17.7 Å². The Morgan fingerprint density at radius 1 is 1.29 bits per heavy atom. The van der Waals surface area contributed by atoms with Crippen molar-refractivity contribution < 1.29 is 19.1 Å². The number of methoxy groups -OCH3 is 2. The molecular weight excluding hydrogens is 310 g/mol. The number of hydrazone groups is 1. The van der Waals surface area contributed by atoms with E-state index in [2.05, 4.69) is 24.4 Å². The first kappa shape index (κ1) is 16.3. The lowest BCUT2D eigenvalue weighted by molar-refractivity contribution is -0.144. The van der Waals surface area contributed by atoms with Crippen LogP contribution in [0.2, 0.25) is 0 Å². The third-order valence-corrected chi connectivity index (χ3v) is 4.50. The molecule has 1 aromatic rings. The molecule has 1 fully saturated rings. The standard InChI is InChI=1S/C17H21N3O4/c1-17(2)9-20(16(22)11-8-14(21)19-18-11)15(17)10-5-6-12(23-3)13(7-10)24-4/h5-7,15H,8-9H2,1-4H3,(H,19,21). The Balaban J connectivity index is 1.89. The van der Waals surface area contributed by atoms with E-state index in [-0.39, 0.29) is 35.4 Å². The highest BCUT2D eigenvalue weighted by Crippen LogP contribution is 2.49. The number of hydrogen-bond acceptors (Lipinski definition) is 5. The molecule has 0 saturated carbocycles. The third-order valence-electron chi connectivity index (χ3n) is 4.50. The summed E-state index contributed by atoms with van der Waals surface area (Å²) < 4.78 is 10.6. The van der Waals surface area contributed by atoms with E-state index in [0.29, 0.717) is 18.0 Å². The van der Waals surface area contributed by atoms with Gasteiger partial charge in [0.15, 0.2) is 11.5 Å². The third kappa shape index (κ3) is 2.60. The lowest BCUT2D eigenvalue weighted by atomic mass is 9.71. The van der Waals surface area contributed by atoms with Gasteiger partial charge < -0.3 is 14.4 Å². The topological polar surface area (TPSA) is 80.2 Å². The average molecular weight is 331 g/mol. The lowest BCUT2D eigenvalue weighted by Crippen LogP contribution is -2.59. The molecule has 0 aromatic heterocycles. The molecule has 0 spiro atoms. The zero-order chi connectivity index (χ0) is 17.5. The highest BCUT2D eigenvalue weighted by Gasteiger charge is 2.50. The van der Waals surface area contributed by atoms with Gasteiger partial charge in [0, 0.05) is 12.0 Å². The molecule has 1 atom stereocenters. The molecular formula is C17H21N3O4. The van der Waals surface area contributed by atoms with E-state index in [0.717, 1.165) is 5.56 Å². The van der Waals surface area contributed by atoms with Crippen LogP contribution in [-0.2, 0) is 9.59 Å². The summed E-state index contributed by atoms with van der Waals surface area (Å²) in [5.74, 6) is 0.819. The van der Waals surface area contributed by atoms with Crippen molar-refractivity contribution in [3.63, 3.8) is 0 Å². The molecule has 1 aromatic carbocycles. The number of carbonyl (C=O) groups is 2. The molecule has 2 aliphatic rings. The SMILES string of the molecule is COc1ccc(C2N(C(=O)C3=NNC(=O)C3)CC2(C)C)cc1OC. The summed E-state index contributed by atoms with van der Waals surface area (Å²) >= 11 is 0. The second-order valence-electron chi connectivity index (χ2n) is 6.71. The number of rotatable bonds is 4. The predicted octanol–water partition coefficient (Wildman–Crippen LogP) is 1.49. The van der Waals surface area contributed by atoms with Crippen LogP contribution in [0, 0.1) is 5.41 Å². The minimum atomic E-state index is -0.249. The molecule has 24 heavy (non-hydrogen) atoms. The first-order valence-electron chi connectivity index (χ1n) is 7.75. The number of likely N-dealkylation sites (tertiary alicyclic amines) is 1. The Kier molecular flexibility index (Phi) is 3.95. The first-order valence-corrected chi connectivity index (χ1v) is 7.75. The number of hydrogen-bond donors (Lipinski definition) is 1. The summed E-state index contributed by atoms with van der Waals surface area (Å²) in [5, 5.41) is 3.84. The van der Waals surface area contributed by atoms with E-state index >= 15 is 0 Å². The van der Waals surface area contributed by atoms with Gasteiger partial charge in [-0.2, -0.15) is 5.10 Å². The van der Waals surface area contributed by atoms with Gasteiger partial charge >= 0.3 is 0 Å². The van der Waals surface area contributed by atoms with E-state index in [4.69, 9.17) is 9.47 Å². The van der Waals surface area contributed by atoms with Crippen LogP contribution in [0.3, 0.4) is 0 Å². The van der Waals surface area contributed by atoms with Crippen molar-refractivity contribution >= 4 is 17.5 Å². The number of ether oxygens (including phenoxy) is 2. The Labute approximate surface area is 140 Å². The Morgan fingerprint density at radius 3 is 2.54 bits per heavy atom. The molecule has 128 valence electrons. The van der Waals surface area contributed by atoms with Gasteiger partial charge in [0.1, 0.15) is 5.71 Å². The van der Waals surface area contributed by atoms with Crippen molar-refractivity contribution in [2.45, 2.75) is 26.3 Å². The fourth-order valence-electron chi connectivity index (χ4n) is 3.42. The monoisotopic (exact) mass is 331 g/mol. The van der Waals surface area contributed by atoms with Crippen molar-refractivity contribution in [3.8, 4) is 11.5 Å². The number of amides is 2. The van der Waals surface area contributed by atoms with E-state index in [1.54, 1.807) is 19.1 Å². The minimum absolute atomic E-state index is 0.0361. The fourth-order valence-corrected chi connectivity index (χ4v) is 3.42. The largest absolute Gasteiger partial charge is 0.493 e. The van der Waals surface area contributed by atoms with Crippen molar-refractivity contribution in [1.29, 1.82) is 0 Å². The van der Waals surface area contributed by atoms with Crippen molar-refractivity contribution in [1.82, 2.24) is 10.3 Å². The molecule has 2 heterocycles. The number of benzene rings is 1. The maximum Gasteiger partial charge on any atom is 0.271 e. The summed E-state index contributed by atoms with van der Waals surface area (Å²) in [6.07, 6.45) is 0.0361. The van der Waals surface area contributed by atoms with Gasteiger partial charge in [0.05, 0.1) is 26.7 Å². The highest BCUT2D eigenvalue weighted by atomic mass is 16.5. The van der Waals surface area contributed by atoms with Crippen LogP contribution >= 0.6 is 0 Å². The molecule has 2 aliphatic heterocycles.